The lowest BCUT2D eigenvalue weighted by Gasteiger charge is -2.06. The van der Waals surface area contributed by atoms with E-state index < -0.39 is 0 Å². The summed E-state index contributed by atoms with van der Waals surface area (Å²) in [5.41, 5.74) is 7.98. The molecule has 0 radical (unpaired) electrons. The Hall–Kier alpha value is -2.41. The standard InChI is InChI=1S/C14H15N5OS/c1-9-17-11(20-18-9)7-8-16-14-12(13(15)19-21-14)10-5-3-2-4-6-10/h2-6,16H,7-8H2,1H3,(H2,15,19). The highest BCUT2D eigenvalue weighted by molar-refractivity contribution is 7.11. The first-order valence-corrected chi connectivity index (χ1v) is 7.35. The van der Waals surface area contributed by atoms with Gasteiger partial charge >= 0.3 is 0 Å². The molecule has 0 unspecified atom stereocenters. The van der Waals surface area contributed by atoms with E-state index in [0.717, 1.165) is 16.1 Å². The minimum Gasteiger partial charge on any atom is -0.382 e. The van der Waals surface area contributed by atoms with E-state index in [1.54, 1.807) is 6.92 Å². The van der Waals surface area contributed by atoms with Crippen molar-refractivity contribution in [1.82, 2.24) is 14.5 Å². The molecule has 6 nitrogen and oxygen atoms in total. The van der Waals surface area contributed by atoms with Crippen LogP contribution in [0.15, 0.2) is 34.9 Å². The van der Waals surface area contributed by atoms with Crippen LogP contribution in [0.25, 0.3) is 11.1 Å². The molecule has 0 atom stereocenters. The number of hydrogen-bond donors (Lipinski definition) is 2. The lowest BCUT2D eigenvalue weighted by atomic mass is 10.1. The van der Waals surface area contributed by atoms with Crippen molar-refractivity contribution >= 4 is 22.4 Å². The molecule has 2 aromatic heterocycles. The van der Waals surface area contributed by atoms with Gasteiger partial charge in [0.05, 0.1) is 5.56 Å². The molecule has 2 heterocycles. The first-order chi connectivity index (χ1) is 10.2. The minimum absolute atomic E-state index is 0.544. The predicted molar refractivity (Wildman–Crippen MR) is 83.2 cm³/mol. The Morgan fingerprint density at radius 3 is 2.81 bits per heavy atom. The van der Waals surface area contributed by atoms with Gasteiger partial charge < -0.3 is 15.6 Å². The van der Waals surface area contributed by atoms with E-state index in [2.05, 4.69) is 19.8 Å². The summed E-state index contributed by atoms with van der Waals surface area (Å²) in [5.74, 6) is 1.82. The average molecular weight is 301 g/mol. The Bertz CT molecular complexity index is 722. The molecule has 1 aromatic carbocycles. The minimum atomic E-state index is 0.544. The summed E-state index contributed by atoms with van der Waals surface area (Å²) in [7, 11) is 0. The summed E-state index contributed by atoms with van der Waals surface area (Å²) in [6.45, 7) is 2.49. The Morgan fingerprint density at radius 2 is 2.10 bits per heavy atom. The summed E-state index contributed by atoms with van der Waals surface area (Å²) in [6, 6.07) is 9.98. The number of anilines is 2. The van der Waals surface area contributed by atoms with E-state index >= 15 is 0 Å². The normalized spacial score (nSPS) is 10.7. The molecule has 0 amide bonds. The molecule has 108 valence electrons. The number of aromatic nitrogens is 3. The quantitative estimate of drug-likeness (QED) is 0.753. The van der Waals surface area contributed by atoms with Crippen LogP contribution in [0.2, 0.25) is 0 Å². The van der Waals surface area contributed by atoms with Crippen LogP contribution in [0, 0.1) is 6.92 Å². The second-order valence-corrected chi connectivity index (χ2v) is 5.32. The first-order valence-electron chi connectivity index (χ1n) is 6.57. The zero-order valence-corrected chi connectivity index (χ0v) is 12.4. The molecule has 21 heavy (non-hydrogen) atoms. The maximum atomic E-state index is 5.98. The highest BCUT2D eigenvalue weighted by atomic mass is 32.1. The molecular formula is C14H15N5OS. The van der Waals surface area contributed by atoms with Crippen molar-refractivity contribution in [3.63, 3.8) is 0 Å². The third-order valence-corrected chi connectivity index (χ3v) is 3.79. The number of rotatable bonds is 5. The molecule has 3 N–H and O–H groups in total. The maximum absolute atomic E-state index is 5.98. The van der Waals surface area contributed by atoms with Crippen LogP contribution in [0.4, 0.5) is 10.8 Å². The largest absolute Gasteiger partial charge is 0.382 e. The van der Waals surface area contributed by atoms with Crippen molar-refractivity contribution < 1.29 is 4.52 Å². The van der Waals surface area contributed by atoms with Crippen LogP contribution < -0.4 is 11.1 Å². The van der Waals surface area contributed by atoms with Gasteiger partial charge in [-0.05, 0) is 24.0 Å². The zero-order chi connectivity index (χ0) is 14.7. The van der Waals surface area contributed by atoms with Gasteiger partial charge in [-0.15, -0.1) is 0 Å². The summed E-state index contributed by atoms with van der Waals surface area (Å²) in [5, 5.41) is 8.06. The third-order valence-electron chi connectivity index (χ3n) is 2.98. The lowest BCUT2D eigenvalue weighted by Crippen LogP contribution is -2.05. The molecule has 0 aliphatic carbocycles. The Labute approximate surface area is 126 Å². The second-order valence-electron chi connectivity index (χ2n) is 4.55. The van der Waals surface area contributed by atoms with Crippen molar-refractivity contribution in [2.24, 2.45) is 0 Å². The van der Waals surface area contributed by atoms with Gasteiger partial charge in [0.25, 0.3) is 0 Å². The summed E-state index contributed by atoms with van der Waals surface area (Å²) in [6.07, 6.45) is 0.660. The Balaban J connectivity index is 1.72. The number of nitrogens with one attached hydrogen (secondary N) is 1. The van der Waals surface area contributed by atoms with Crippen molar-refractivity contribution in [1.29, 1.82) is 0 Å². The molecular weight excluding hydrogens is 286 g/mol. The molecule has 3 rings (SSSR count). The summed E-state index contributed by atoms with van der Waals surface area (Å²) < 4.78 is 9.31. The molecule has 7 heteroatoms. The van der Waals surface area contributed by atoms with E-state index in [4.69, 9.17) is 10.3 Å². The van der Waals surface area contributed by atoms with Gasteiger partial charge in [-0.2, -0.15) is 9.36 Å². The predicted octanol–water partition coefficient (Wildman–Crippen LogP) is 2.74. The highest BCUT2D eigenvalue weighted by Gasteiger charge is 2.13. The second kappa shape index (κ2) is 5.92. The fraction of sp³-hybridized carbons (Fsp3) is 0.214. The van der Waals surface area contributed by atoms with Crippen molar-refractivity contribution in [2.75, 3.05) is 17.6 Å². The number of nitrogen functional groups attached to an aromatic ring is 1. The third kappa shape index (κ3) is 3.03. The van der Waals surface area contributed by atoms with Crippen LogP contribution in [0.1, 0.15) is 11.7 Å². The van der Waals surface area contributed by atoms with Crippen LogP contribution in [0.5, 0.6) is 0 Å². The highest BCUT2D eigenvalue weighted by Crippen LogP contribution is 2.36. The van der Waals surface area contributed by atoms with E-state index in [0.29, 0.717) is 30.5 Å². The molecule has 3 aromatic rings. The number of nitrogens with zero attached hydrogens (tertiary/aromatic N) is 3. The lowest BCUT2D eigenvalue weighted by molar-refractivity contribution is 0.377. The molecule has 0 fully saturated rings. The van der Waals surface area contributed by atoms with Crippen LogP contribution in [-0.4, -0.2) is 21.1 Å². The number of nitrogens with two attached hydrogens (primary N) is 1. The fourth-order valence-electron chi connectivity index (χ4n) is 2.03. The van der Waals surface area contributed by atoms with Crippen LogP contribution in [-0.2, 0) is 6.42 Å². The van der Waals surface area contributed by atoms with Crippen molar-refractivity contribution in [3.8, 4) is 11.1 Å². The Morgan fingerprint density at radius 1 is 1.29 bits per heavy atom. The first kappa shape index (κ1) is 13.6. The van der Waals surface area contributed by atoms with Gasteiger partial charge in [0.2, 0.25) is 5.89 Å². The molecule has 0 saturated heterocycles. The van der Waals surface area contributed by atoms with E-state index in [1.807, 2.05) is 30.3 Å². The number of benzene rings is 1. The molecule has 0 aliphatic rings. The van der Waals surface area contributed by atoms with E-state index in [-0.39, 0.29) is 0 Å². The van der Waals surface area contributed by atoms with Gasteiger partial charge in [0, 0.05) is 13.0 Å². The maximum Gasteiger partial charge on any atom is 0.228 e. The topological polar surface area (TPSA) is 89.9 Å². The number of aryl methyl sites for hydroxylation is 1. The van der Waals surface area contributed by atoms with Gasteiger partial charge in [-0.1, -0.05) is 35.5 Å². The molecule has 0 aliphatic heterocycles. The Kier molecular flexibility index (Phi) is 3.83. The van der Waals surface area contributed by atoms with E-state index in [9.17, 15) is 0 Å². The van der Waals surface area contributed by atoms with Crippen LogP contribution >= 0.6 is 11.5 Å². The molecule has 0 saturated carbocycles. The van der Waals surface area contributed by atoms with Gasteiger partial charge in [-0.3, -0.25) is 0 Å². The molecule has 0 spiro atoms. The van der Waals surface area contributed by atoms with Gasteiger partial charge in [0.15, 0.2) is 5.82 Å². The van der Waals surface area contributed by atoms with E-state index in [1.165, 1.54) is 11.5 Å². The zero-order valence-electron chi connectivity index (χ0n) is 11.5. The SMILES string of the molecule is Cc1noc(CCNc2snc(N)c2-c2ccccc2)n1. The monoisotopic (exact) mass is 301 g/mol. The fourth-order valence-corrected chi connectivity index (χ4v) is 2.79. The molecule has 0 bridgehead atoms. The average Bonchev–Trinajstić information content (AvgIpc) is 3.06. The summed E-state index contributed by atoms with van der Waals surface area (Å²) >= 11 is 1.36. The van der Waals surface area contributed by atoms with Crippen molar-refractivity contribution in [2.45, 2.75) is 13.3 Å². The number of hydrogen-bond acceptors (Lipinski definition) is 7. The summed E-state index contributed by atoms with van der Waals surface area (Å²) in [4.78, 5) is 4.17. The van der Waals surface area contributed by atoms with Gasteiger partial charge in [0.1, 0.15) is 10.8 Å². The van der Waals surface area contributed by atoms with Crippen molar-refractivity contribution in [3.05, 3.63) is 42.0 Å². The van der Waals surface area contributed by atoms with Crippen LogP contribution in [0.3, 0.4) is 0 Å². The van der Waals surface area contributed by atoms with Gasteiger partial charge in [-0.25, -0.2) is 0 Å². The smallest absolute Gasteiger partial charge is 0.228 e.